The van der Waals surface area contributed by atoms with Gasteiger partial charge in [0.2, 0.25) is 0 Å². The molecule has 0 bridgehead atoms. The molecule has 0 spiro atoms. The van der Waals surface area contributed by atoms with Gasteiger partial charge in [0.1, 0.15) is 11.6 Å². The number of aromatic amines is 1. The molecule has 3 nitrogen and oxygen atoms in total. The highest BCUT2D eigenvalue weighted by molar-refractivity contribution is 7.07. The zero-order valence-corrected chi connectivity index (χ0v) is 10.5. The number of thiazole rings is 1. The summed E-state index contributed by atoms with van der Waals surface area (Å²) >= 11 is 1.09. The Hall–Kier alpha value is -1.53. The molecule has 6 heteroatoms. The van der Waals surface area contributed by atoms with E-state index in [4.69, 9.17) is 0 Å². The third kappa shape index (κ3) is 3.24. The predicted molar refractivity (Wildman–Crippen MR) is 66.6 cm³/mol. The van der Waals surface area contributed by atoms with Gasteiger partial charge in [-0.05, 0) is 24.6 Å². The normalized spacial score (nSPS) is 12.6. The molecule has 1 aromatic carbocycles. The van der Waals surface area contributed by atoms with Gasteiger partial charge in [-0.25, -0.2) is 8.78 Å². The standard InChI is InChI=1S/C12H12F2N2OS/c1-7(8-2-9(13)4-10(14)3-8)15-5-11-6-18-12(17)16-11/h2-4,6-7,15H,5H2,1H3,(H,16,17). The Morgan fingerprint density at radius 3 is 2.56 bits per heavy atom. The molecule has 1 aromatic heterocycles. The molecule has 96 valence electrons. The first kappa shape index (κ1) is 12.9. The number of hydrogen-bond donors (Lipinski definition) is 2. The van der Waals surface area contributed by atoms with Crippen LogP contribution in [0.2, 0.25) is 0 Å². The first-order valence-corrected chi connectivity index (χ1v) is 6.28. The van der Waals surface area contributed by atoms with Crippen molar-refractivity contribution in [1.29, 1.82) is 0 Å². The summed E-state index contributed by atoms with van der Waals surface area (Å²) in [5, 5.41) is 4.80. The van der Waals surface area contributed by atoms with Gasteiger partial charge in [-0.15, -0.1) is 0 Å². The Morgan fingerprint density at radius 1 is 1.33 bits per heavy atom. The zero-order valence-electron chi connectivity index (χ0n) is 9.67. The molecule has 2 aromatic rings. The largest absolute Gasteiger partial charge is 0.315 e. The van der Waals surface area contributed by atoms with E-state index >= 15 is 0 Å². The Kier molecular flexibility index (Phi) is 3.88. The van der Waals surface area contributed by atoms with Crippen LogP contribution in [0.15, 0.2) is 28.4 Å². The second kappa shape index (κ2) is 5.41. The number of halogens is 2. The Labute approximate surface area is 106 Å². The molecule has 1 heterocycles. The second-order valence-corrected chi connectivity index (χ2v) is 4.82. The highest BCUT2D eigenvalue weighted by Crippen LogP contribution is 2.16. The lowest BCUT2D eigenvalue weighted by Gasteiger charge is -2.13. The maximum absolute atomic E-state index is 13.0. The molecule has 0 amide bonds. The average Bonchev–Trinajstić information content (AvgIpc) is 2.70. The highest BCUT2D eigenvalue weighted by atomic mass is 32.1. The smallest absolute Gasteiger partial charge is 0.304 e. The number of benzene rings is 1. The first-order chi connectivity index (χ1) is 8.54. The van der Waals surface area contributed by atoms with E-state index in [9.17, 15) is 13.6 Å². The molecule has 0 saturated carbocycles. The summed E-state index contributed by atoms with van der Waals surface area (Å²) < 4.78 is 26.1. The van der Waals surface area contributed by atoms with Gasteiger partial charge >= 0.3 is 4.87 Å². The van der Waals surface area contributed by atoms with Crippen molar-refractivity contribution in [1.82, 2.24) is 10.3 Å². The van der Waals surface area contributed by atoms with Gasteiger partial charge in [0.15, 0.2) is 0 Å². The minimum atomic E-state index is -0.595. The molecular formula is C12H12F2N2OS. The molecule has 0 saturated heterocycles. The lowest BCUT2D eigenvalue weighted by atomic mass is 10.1. The van der Waals surface area contributed by atoms with Crippen molar-refractivity contribution in [3.63, 3.8) is 0 Å². The monoisotopic (exact) mass is 270 g/mol. The van der Waals surface area contributed by atoms with Gasteiger partial charge in [0.25, 0.3) is 0 Å². The average molecular weight is 270 g/mol. The van der Waals surface area contributed by atoms with Gasteiger partial charge < -0.3 is 10.3 Å². The van der Waals surface area contributed by atoms with E-state index in [-0.39, 0.29) is 10.9 Å². The summed E-state index contributed by atoms with van der Waals surface area (Å²) in [6, 6.07) is 3.21. The predicted octanol–water partition coefficient (Wildman–Crippen LogP) is 2.57. The molecule has 1 atom stereocenters. The summed E-state index contributed by atoms with van der Waals surface area (Å²) in [5.41, 5.74) is 1.29. The van der Waals surface area contributed by atoms with Crippen LogP contribution in [0.25, 0.3) is 0 Å². The fraction of sp³-hybridized carbons (Fsp3) is 0.250. The number of H-pyrrole nitrogens is 1. The van der Waals surface area contributed by atoms with Crippen LogP contribution in [0.5, 0.6) is 0 Å². The molecule has 0 aliphatic heterocycles. The molecule has 0 aliphatic rings. The molecule has 1 unspecified atom stereocenters. The van der Waals surface area contributed by atoms with Crippen molar-refractivity contribution in [2.24, 2.45) is 0 Å². The fourth-order valence-electron chi connectivity index (χ4n) is 1.61. The van der Waals surface area contributed by atoms with Crippen LogP contribution in [-0.2, 0) is 6.54 Å². The highest BCUT2D eigenvalue weighted by Gasteiger charge is 2.08. The van der Waals surface area contributed by atoms with E-state index in [0.717, 1.165) is 23.1 Å². The van der Waals surface area contributed by atoms with E-state index in [2.05, 4.69) is 10.3 Å². The SMILES string of the molecule is CC(NCc1csc(=O)[nH]1)c1cc(F)cc(F)c1. The number of aromatic nitrogens is 1. The minimum Gasteiger partial charge on any atom is -0.315 e. The van der Waals surface area contributed by atoms with Gasteiger partial charge in [-0.1, -0.05) is 11.3 Å². The molecule has 18 heavy (non-hydrogen) atoms. The number of rotatable bonds is 4. The fourth-order valence-corrected chi connectivity index (χ4v) is 2.19. The van der Waals surface area contributed by atoms with Gasteiger partial charge in [-0.3, -0.25) is 4.79 Å². The Balaban J connectivity index is 2.03. The van der Waals surface area contributed by atoms with Crippen molar-refractivity contribution in [3.8, 4) is 0 Å². The summed E-state index contributed by atoms with van der Waals surface area (Å²) in [5.74, 6) is -1.19. The summed E-state index contributed by atoms with van der Waals surface area (Å²) in [6.45, 7) is 2.25. The molecule has 2 N–H and O–H groups in total. The number of hydrogen-bond acceptors (Lipinski definition) is 3. The van der Waals surface area contributed by atoms with Crippen molar-refractivity contribution in [2.45, 2.75) is 19.5 Å². The van der Waals surface area contributed by atoms with Crippen molar-refractivity contribution >= 4 is 11.3 Å². The van der Waals surface area contributed by atoms with Gasteiger partial charge in [-0.2, -0.15) is 0 Å². The second-order valence-electron chi connectivity index (χ2n) is 3.98. The Bertz CT molecular complexity index is 574. The van der Waals surface area contributed by atoms with E-state index in [1.54, 1.807) is 12.3 Å². The molecule has 2 rings (SSSR count). The maximum Gasteiger partial charge on any atom is 0.304 e. The van der Waals surface area contributed by atoms with Crippen LogP contribution in [-0.4, -0.2) is 4.98 Å². The first-order valence-electron chi connectivity index (χ1n) is 5.40. The molecule has 0 radical (unpaired) electrons. The third-order valence-corrected chi connectivity index (χ3v) is 3.27. The van der Waals surface area contributed by atoms with E-state index < -0.39 is 11.6 Å². The minimum absolute atomic E-state index is 0.115. The summed E-state index contributed by atoms with van der Waals surface area (Å²) in [6.07, 6.45) is 0. The lowest BCUT2D eigenvalue weighted by Crippen LogP contribution is -2.19. The topological polar surface area (TPSA) is 44.9 Å². The van der Waals surface area contributed by atoms with E-state index in [0.29, 0.717) is 12.1 Å². The lowest BCUT2D eigenvalue weighted by molar-refractivity contribution is 0.542. The summed E-state index contributed by atoms with van der Waals surface area (Å²) in [4.78, 5) is 13.5. The van der Waals surface area contributed by atoms with Gasteiger partial charge in [0, 0.05) is 29.7 Å². The van der Waals surface area contributed by atoms with Crippen molar-refractivity contribution in [2.75, 3.05) is 0 Å². The maximum atomic E-state index is 13.0. The van der Waals surface area contributed by atoms with E-state index in [1.165, 1.54) is 12.1 Å². The molecular weight excluding hydrogens is 258 g/mol. The Morgan fingerprint density at radius 2 is 2.00 bits per heavy atom. The quantitative estimate of drug-likeness (QED) is 0.897. The summed E-state index contributed by atoms with van der Waals surface area (Å²) in [7, 11) is 0. The zero-order chi connectivity index (χ0) is 13.1. The molecule has 0 fully saturated rings. The van der Waals surface area contributed by atoms with Crippen LogP contribution < -0.4 is 10.2 Å². The van der Waals surface area contributed by atoms with E-state index in [1.807, 2.05) is 0 Å². The van der Waals surface area contributed by atoms with Crippen LogP contribution in [0, 0.1) is 11.6 Å². The van der Waals surface area contributed by atoms with Crippen molar-refractivity contribution in [3.05, 3.63) is 56.1 Å². The van der Waals surface area contributed by atoms with Crippen LogP contribution >= 0.6 is 11.3 Å². The number of nitrogens with one attached hydrogen (secondary N) is 2. The third-order valence-electron chi connectivity index (χ3n) is 2.55. The van der Waals surface area contributed by atoms with Crippen LogP contribution in [0.4, 0.5) is 8.78 Å². The van der Waals surface area contributed by atoms with Crippen LogP contribution in [0.3, 0.4) is 0 Å². The molecule has 0 aliphatic carbocycles. The van der Waals surface area contributed by atoms with Gasteiger partial charge in [0.05, 0.1) is 0 Å². The van der Waals surface area contributed by atoms with Crippen molar-refractivity contribution < 1.29 is 8.78 Å². The van der Waals surface area contributed by atoms with Crippen LogP contribution in [0.1, 0.15) is 24.2 Å².